The molecule has 0 unspecified atom stereocenters. The number of amides is 2. The van der Waals surface area contributed by atoms with Gasteiger partial charge in [-0.1, -0.05) is 18.2 Å². The van der Waals surface area contributed by atoms with Crippen LogP contribution in [0.25, 0.3) is 0 Å². The lowest BCUT2D eigenvalue weighted by molar-refractivity contribution is -0.384. The number of rotatable bonds is 10. The molecule has 33 heavy (non-hydrogen) atoms. The molecule has 1 fully saturated rings. The van der Waals surface area contributed by atoms with Crippen LogP contribution in [0, 0.1) is 16.0 Å². The molecule has 0 atom stereocenters. The number of hydrogen-bond acceptors (Lipinski definition) is 7. The minimum Gasteiger partial charge on any atom is -0.494 e. The van der Waals surface area contributed by atoms with Crippen LogP contribution in [0.2, 0.25) is 0 Å². The van der Waals surface area contributed by atoms with E-state index in [2.05, 4.69) is 15.5 Å². The van der Waals surface area contributed by atoms with Gasteiger partial charge in [0, 0.05) is 29.8 Å². The van der Waals surface area contributed by atoms with Gasteiger partial charge in [0.1, 0.15) is 5.75 Å². The highest BCUT2D eigenvalue weighted by atomic mass is 16.6. The van der Waals surface area contributed by atoms with Gasteiger partial charge in [-0.15, -0.1) is 0 Å². The van der Waals surface area contributed by atoms with Gasteiger partial charge in [-0.05, 0) is 57.1 Å². The van der Waals surface area contributed by atoms with E-state index in [0.717, 1.165) is 50.7 Å². The van der Waals surface area contributed by atoms with Crippen molar-refractivity contribution in [3.05, 3.63) is 58.1 Å². The summed E-state index contributed by atoms with van der Waals surface area (Å²) in [6.45, 7) is 2.93. The molecule has 2 aromatic rings. The number of carbonyl (C=O) groups excluding carboxylic acids is 2. The normalized spacial score (nSPS) is 14.5. The smallest absolute Gasteiger partial charge is 0.296 e. The van der Waals surface area contributed by atoms with Crippen LogP contribution in [0.1, 0.15) is 29.6 Å². The summed E-state index contributed by atoms with van der Waals surface area (Å²) >= 11 is 0. The van der Waals surface area contributed by atoms with Crippen LogP contribution in [0.15, 0.2) is 42.5 Å². The average Bonchev–Trinajstić information content (AvgIpc) is 2.82. The van der Waals surface area contributed by atoms with Gasteiger partial charge in [0.2, 0.25) is 11.8 Å². The number of nitrogens with zero attached hydrogens (tertiary/aromatic N) is 2. The largest absolute Gasteiger partial charge is 0.494 e. The molecule has 10 heteroatoms. The SMILES string of the molecule is COc1cc(C(N)=O)cc([N+](=O)[O-])c1NCCCN1CCC(C(=O)Nc2ccccc2)CC1. The van der Waals surface area contributed by atoms with Gasteiger partial charge in [-0.3, -0.25) is 19.7 Å². The minimum atomic E-state index is -0.760. The Balaban J connectivity index is 1.47. The predicted molar refractivity (Wildman–Crippen MR) is 126 cm³/mol. The van der Waals surface area contributed by atoms with Crippen molar-refractivity contribution in [3.63, 3.8) is 0 Å². The number of likely N-dealkylation sites (tertiary alicyclic amines) is 1. The van der Waals surface area contributed by atoms with Gasteiger partial charge in [-0.25, -0.2) is 0 Å². The molecule has 0 saturated carbocycles. The summed E-state index contributed by atoms with van der Waals surface area (Å²) in [5.74, 6) is -0.511. The second kappa shape index (κ2) is 11.3. The Bertz CT molecular complexity index is 990. The predicted octanol–water partition coefficient (Wildman–Crippen LogP) is 2.86. The van der Waals surface area contributed by atoms with Gasteiger partial charge in [0.25, 0.3) is 5.69 Å². The first-order valence-corrected chi connectivity index (χ1v) is 10.9. The fraction of sp³-hybridized carbons (Fsp3) is 0.391. The second-order valence-corrected chi connectivity index (χ2v) is 7.95. The van der Waals surface area contributed by atoms with E-state index in [4.69, 9.17) is 10.5 Å². The van der Waals surface area contributed by atoms with Gasteiger partial charge < -0.3 is 26.0 Å². The minimum absolute atomic E-state index is 0.00439. The first-order chi connectivity index (χ1) is 15.9. The lowest BCUT2D eigenvalue weighted by Gasteiger charge is -2.31. The van der Waals surface area contributed by atoms with Gasteiger partial charge in [0.05, 0.1) is 12.0 Å². The van der Waals surface area contributed by atoms with Gasteiger partial charge in [-0.2, -0.15) is 0 Å². The molecule has 10 nitrogen and oxygen atoms in total. The lowest BCUT2D eigenvalue weighted by Crippen LogP contribution is -2.39. The van der Waals surface area contributed by atoms with Crippen LogP contribution < -0.4 is 21.1 Å². The van der Waals surface area contributed by atoms with E-state index in [9.17, 15) is 19.7 Å². The quantitative estimate of drug-likeness (QED) is 0.284. The number of nitro benzene ring substituents is 1. The number of benzene rings is 2. The summed E-state index contributed by atoms with van der Waals surface area (Å²) in [4.78, 5) is 37.1. The molecule has 0 aliphatic carbocycles. The molecule has 1 saturated heterocycles. The Morgan fingerprint density at radius 2 is 1.91 bits per heavy atom. The highest BCUT2D eigenvalue weighted by molar-refractivity contribution is 5.95. The third-order valence-electron chi connectivity index (χ3n) is 5.74. The number of para-hydroxylation sites is 1. The molecule has 1 aliphatic heterocycles. The van der Waals surface area contributed by atoms with E-state index in [1.54, 1.807) is 0 Å². The van der Waals surface area contributed by atoms with Crippen molar-refractivity contribution in [2.45, 2.75) is 19.3 Å². The number of nitrogens with two attached hydrogens (primary N) is 1. The molecule has 0 aromatic heterocycles. The molecular weight excluding hydrogens is 426 g/mol. The zero-order chi connectivity index (χ0) is 23.8. The number of primary amides is 1. The maximum absolute atomic E-state index is 12.5. The molecule has 0 radical (unpaired) electrons. The Labute approximate surface area is 192 Å². The van der Waals surface area contributed by atoms with Gasteiger partial charge in [0.15, 0.2) is 5.69 Å². The first-order valence-electron chi connectivity index (χ1n) is 10.9. The van der Waals surface area contributed by atoms with E-state index in [1.807, 2.05) is 30.3 Å². The molecule has 0 bridgehead atoms. The van der Waals surface area contributed by atoms with E-state index in [1.165, 1.54) is 13.2 Å². The monoisotopic (exact) mass is 455 g/mol. The number of hydrogen-bond donors (Lipinski definition) is 3. The Hall–Kier alpha value is -3.66. The molecule has 1 heterocycles. The van der Waals surface area contributed by atoms with Gasteiger partial charge >= 0.3 is 0 Å². The maximum atomic E-state index is 12.5. The standard InChI is InChI=1S/C23H29N5O5/c1-33-20-15-17(22(24)29)14-19(28(31)32)21(20)25-10-5-11-27-12-8-16(9-13-27)23(30)26-18-6-3-2-4-7-18/h2-4,6-7,14-16,25H,5,8-13H2,1H3,(H2,24,29)(H,26,30). The van der Waals surface area contributed by atoms with Crippen molar-refractivity contribution in [1.29, 1.82) is 0 Å². The van der Waals surface area contributed by atoms with E-state index in [-0.39, 0.29) is 34.5 Å². The Kier molecular flexibility index (Phi) is 8.20. The second-order valence-electron chi connectivity index (χ2n) is 7.95. The number of ether oxygens (including phenoxy) is 1. The fourth-order valence-electron chi connectivity index (χ4n) is 3.93. The number of methoxy groups -OCH3 is 1. The van der Waals surface area contributed by atoms with E-state index < -0.39 is 10.8 Å². The average molecular weight is 456 g/mol. The van der Waals surface area contributed by atoms with Crippen molar-refractivity contribution in [2.75, 3.05) is 43.9 Å². The summed E-state index contributed by atoms with van der Waals surface area (Å²) in [5, 5.41) is 17.5. The summed E-state index contributed by atoms with van der Waals surface area (Å²) in [5.41, 5.74) is 6.06. The highest BCUT2D eigenvalue weighted by Crippen LogP contribution is 2.35. The van der Waals surface area contributed by atoms with Crippen LogP contribution in [0.4, 0.5) is 17.1 Å². The van der Waals surface area contributed by atoms with Crippen LogP contribution in [-0.2, 0) is 4.79 Å². The number of nitrogens with one attached hydrogen (secondary N) is 2. The Morgan fingerprint density at radius 1 is 1.21 bits per heavy atom. The summed E-state index contributed by atoms with van der Waals surface area (Å²) in [6, 6.07) is 12.0. The molecule has 0 spiro atoms. The third kappa shape index (κ3) is 6.42. The number of nitro groups is 1. The summed E-state index contributed by atoms with van der Waals surface area (Å²) in [7, 11) is 1.38. The van der Waals surface area contributed by atoms with Crippen LogP contribution in [0.3, 0.4) is 0 Å². The topological polar surface area (TPSA) is 140 Å². The molecule has 2 amide bonds. The highest BCUT2D eigenvalue weighted by Gasteiger charge is 2.25. The first kappa shape index (κ1) is 24.0. The molecular formula is C23H29N5O5. The van der Waals surface area contributed by atoms with Crippen molar-refractivity contribution in [1.82, 2.24) is 4.90 Å². The van der Waals surface area contributed by atoms with Crippen molar-refractivity contribution >= 4 is 28.9 Å². The molecule has 2 aromatic carbocycles. The maximum Gasteiger partial charge on any atom is 0.296 e. The van der Waals surface area contributed by atoms with E-state index in [0.29, 0.717) is 6.54 Å². The summed E-state index contributed by atoms with van der Waals surface area (Å²) < 4.78 is 5.23. The lowest BCUT2D eigenvalue weighted by atomic mass is 9.95. The van der Waals surface area contributed by atoms with E-state index >= 15 is 0 Å². The van der Waals surface area contributed by atoms with Crippen LogP contribution >= 0.6 is 0 Å². The number of anilines is 2. The fourth-order valence-corrected chi connectivity index (χ4v) is 3.93. The van der Waals surface area contributed by atoms with Crippen molar-refractivity contribution < 1.29 is 19.2 Å². The van der Waals surface area contributed by atoms with Crippen molar-refractivity contribution in [2.24, 2.45) is 11.7 Å². The van der Waals surface area contributed by atoms with Crippen LogP contribution in [-0.4, -0.2) is 54.9 Å². The zero-order valence-corrected chi connectivity index (χ0v) is 18.6. The molecule has 3 rings (SSSR count). The molecule has 176 valence electrons. The number of carbonyl (C=O) groups is 2. The number of piperidine rings is 1. The zero-order valence-electron chi connectivity index (χ0n) is 18.6. The van der Waals surface area contributed by atoms with Crippen molar-refractivity contribution in [3.8, 4) is 5.75 Å². The summed E-state index contributed by atoms with van der Waals surface area (Å²) in [6.07, 6.45) is 2.33. The third-order valence-corrected chi connectivity index (χ3v) is 5.74. The molecule has 4 N–H and O–H groups in total. The van der Waals surface area contributed by atoms with Crippen LogP contribution in [0.5, 0.6) is 5.75 Å². The Morgan fingerprint density at radius 3 is 2.52 bits per heavy atom. The molecule has 1 aliphatic rings.